The maximum atomic E-state index is 12.0. The molecule has 1 aromatic carbocycles. The molecule has 0 unspecified atom stereocenters. The predicted molar refractivity (Wildman–Crippen MR) is 77.6 cm³/mol. The summed E-state index contributed by atoms with van der Waals surface area (Å²) < 4.78 is 0. The van der Waals surface area contributed by atoms with Gasteiger partial charge in [0.25, 0.3) is 0 Å². The van der Waals surface area contributed by atoms with E-state index < -0.39 is 0 Å². The molecule has 3 N–H and O–H groups in total. The highest BCUT2D eigenvalue weighted by atomic mass is 16.1. The van der Waals surface area contributed by atoms with Crippen molar-refractivity contribution in [3.05, 3.63) is 35.9 Å². The number of rotatable bonds is 7. The Morgan fingerprint density at radius 1 is 1.16 bits per heavy atom. The van der Waals surface area contributed by atoms with Gasteiger partial charge in [-0.1, -0.05) is 36.8 Å². The van der Waals surface area contributed by atoms with E-state index in [1.165, 1.54) is 12.0 Å². The van der Waals surface area contributed by atoms with Crippen molar-refractivity contribution in [1.29, 1.82) is 0 Å². The molecule has 1 aliphatic rings. The van der Waals surface area contributed by atoms with Crippen molar-refractivity contribution in [2.75, 3.05) is 6.54 Å². The third kappa shape index (κ3) is 3.57. The predicted octanol–water partition coefficient (Wildman–Crippen LogP) is 2.70. The van der Waals surface area contributed by atoms with Gasteiger partial charge in [-0.05, 0) is 44.2 Å². The number of hydrogen-bond donors (Lipinski definition) is 2. The summed E-state index contributed by atoms with van der Waals surface area (Å²) in [4.78, 5) is 12.0. The molecule has 0 spiro atoms. The van der Waals surface area contributed by atoms with E-state index in [2.05, 4.69) is 17.4 Å². The number of amides is 1. The van der Waals surface area contributed by atoms with E-state index in [0.717, 1.165) is 38.6 Å². The number of benzene rings is 1. The molecule has 0 aliphatic heterocycles. The number of nitrogens with two attached hydrogens (primary N) is 1. The molecule has 104 valence electrons. The average molecular weight is 260 g/mol. The van der Waals surface area contributed by atoms with Crippen LogP contribution in [0.5, 0.6) is 0 Å². The lowest BCUT2D eigenvalue weighted by molar-refractivity contribution is -0.124. The molecule has 1 aliphatic carbocycles. The molecule has 0 atom stereocenters. The third-order valence-corrected chi connectivity index (χ3v) is 4.02. The first kappa shape index (κ1) is 14.1. The fraction of sp³-hybridized carbons (Fsp3) is 0.562. The second kappa shape index (κ2) is 6.71. The fourth-order valence-electron chi connectivity index (χ4n) is 2.71. The summed E-state index contributed by atoms with van der Waals surface area (Å²) in [5.41, 5.74) is 6.61. The lowest BCUT2D eigenvalue weighted by Crippen LogP contribution is -2.50. The van der Waals surface area contributed by atoms with Crippen LogP contribution < -0.4 is 11.1 Å². The topological polar surface area (TPSA) is 55.1 Å². The highest BCUT2D eigenvalue weighted by Gasteiger charge is 2.39. The van der Waals surface area contributed by atoms with E-state index in [0.29, 0.717) is 6.42 Å². The molecule has 1 aromatic rings. The SMILES string of the molecule is NCCCCCC(=O)NC1(c2ccccc2)CCC1. The Morgan fingerprint density at radius 3 is 2.47 bits per heavy atom. The summed E-state index contributed by atoms with van der Waals surface area (Å²) in [6.45, 7) is 0.718. The van der Waals surface area contributed by atoms with Crippen LogP contribution in [0.1, 0.15) is 50.5 Å². The molecular formula is C16H24N2O. The minimum atomic E-state index is -0.0911. The third-order valence-electron chi connectivity index (χ3n) is 4.02. The summed E-state index contributed by atoms with van der Waals surface area (Å²) >= 11 is 0. The fourth-order valence-corrected chi connectivity index (χ4v) is 2.71. The molecule has 1 saturated carbocycles. The zero-order valence-electron chi connectivity index (χ0n) is 11.5. The van der Waals surface area contributed by atoms with Crippen molar-refractivity contribution < 1.29 is 4.79 Å². The van der Waals surface area contributed by atoms with Crippen molar-refractivity contribution in [2.24, 2.45) is 5.73 Å². The van der Waals surface area contributed by atoms with Crippen LogP contribution in [0, 0.1) is 0 Å². The van der Waals surface area contributed by atoms with Crippen molar-refractivity contribution >= 4 is 5.91 Å². The van der Waals surface area contributed by atoms with E-state index in [4.69, 9.17) is 5.73 Å². The Morgan fingerprint density at radius 2 is 1.89 bits per heavy atom. The largest absolute Gasteiger partial charge is 0.347 e. The lowest BCUT2D eigenvalue weighted by atomic mass is 9.71. The Bertz CT molecular complexity index is 398. The average Bonchev–Trinajstić information content (AvgIpc) is 2.40. The monoisotopic (exact) mass is 260 g/mol. The second-order valence-electron chi connectivity index (χ2n) is 5.45. The molecule has 0 aromatic heterocycles. The van der Waals surface area contributed by atoms with Gasteiger partial charge in [0.15, 0.2) is 0 Å². The van der Waals surface area contributed by atoms with Gasteiger partial charge in [-0.3, -0.25) is 4.79 Å². The van der Waals surface area contributed by atoms with E-state index in [1.807, 2.05) is 18.2 Å². The van der Waals surface area contributed by atoms with Crippen LogP contribution in [-0.4, -0.2) is 12.5 Å². The smallest absolute Gasteiger partial charge is 0.220 e. The van der Waals surface area contributed by atoms with E-state index in [-0.39, 0.29) is 11.4 Å². The quantitative estimate of drug-likeness (QED) is 0.741. The van der Waals surface area contributed by atoms with Crippen LogP contribution in [0.3, 0.4) is 0 Å². The molecule has 0 radical (unpaired) electrons. The maximum Gasteiger partial charge on any atom is 0.220 e. The Kier molecular flexibility index (Phi) is 4.97. The van der Waals surface area contributed by atoms with E-state index >= 15 is 0 Å². The molecule has 3 heteroatoms. The van der Waals surface area contributed by atoms with Crippen LogP contribution in [0.15, 0.2) is 30.3 Å². The normalized spacial score (nSPS) is 16.7. The number of unbranched alkanes of at least 4 members (excludes halogenated alkanes) is 2. The summed E-state index contributed by atoms with van der Waals surface area (Å²) in [7, 11) is 0. The molecule has 1 amide bonds. The van der Waals surface area contributed by atoms with Crippen molar-refractivity contribution in [3.8, 4) is 0 Å². The Hall–Kier alpha value is -1.35. The second-order valence-corrected chi connectivity index (χ2v) is 5.45. The molecule has 3 nitrogen and oxygen atoms in total. The molecule has 19 heavy (non-hydrogen) atoms. The van der Waals surface area contributed by atoms with Gasteiger partial charge in [-0.15, -0.1) is 0 Å². The minimum Gasteiger partial charge on any atom is -0.347 e. The minimum absolute atomic E-state index is 0.0911. The first-order chi connectivity index (χ1) is 9.27. The van der Waals surface area contributed by atoms with E-state index in [9.17, 15) is 4.79 Å². The zero-order valence-corrected chi connectivity index (χ0v) is 11.5. The van der Waals surface area contributed by atoms with Gasteiger partial charge < -0.3 is 11.1 Å². The summed E-state index contributed by atoms with van der Waals surface area (Å²) in [6.07, 6.45) is 6.93. The molecule has 2 rings (SSSR count). The van der Waals surface area contributed by atoms with Gasteiger partial charge in [0.1, 0.15) is 0 Å². The van der Waals surface area contributed by atoms with Crippen LogP contribution in [0.25, 0.3) is 0 Å². The van der Waals surface area contributed by atoms with Gasteiger partial charge in [0, 0.05) is 6.42 Å². The van der Waals surface area contributed by atoms with E-state index in [1.54, 1.807) is 0 Å². The molecule has 1 fully saturated rings. The zero-order chi connectivity index (χ0) is 13.6. The molecule has 0 bridgehead atoms. The Labute approximate surface area is 115 Å². The number of nitrogens with one attached hydrogen (secondary N) is 1. The first-order valence-corrected chi connectivity index (χ1v) is 7.33. The summed E-state index contributed by atoms with van der Waals surface area (Å²) in [6, 6.07) is 10.3. The molecular weight excluding hydrogens is 236 g/mol. The van der Waals surface area contributed by atoms with Gasteiger partial charge in [0.2, 0.25) is 5.91 Å². The number of carbonyl (C=O) groups is 1. The van der Waals surface area contributed by atoms with Gasteiger partial charge in [0.05, 0.1) is 5.54 Å². The first-order valence-electron chi connectivity index (χ1n) is 7.33. The van der Waals surface area contributed by atoms with Crippen LogP contribution >= 0.6 is 0 Å². The molecule has 0 heterocycles. The van der Waals surface area contributed by atoms with Crippen molar-refractivity contribution in [1.82, 2.24) is 5.32 Å². The van der Waals surface area contributed by atoms with Gasteiger partial charge in [-0.2, -0.15) is 0 Å². The summed E-state index contributed by atoms with van der Waals surface area (Å²) in [5, 5.41) is 3.25. The van der Waals surface area contributed by atoms with Crippen molar-refractivity contribution in [2.45, 2.75) is 50.5 Å². The summed E-state index contributed by atoms with van der Waals surface area (Å²) in [5.74, 6) is 0.181. The van der Waals surface area contributed by atoms with Gasteiger partial charge >= 0.3 is 0 Å². The van der Waals surface area contributed by atoms with Crippen LogP contribution in [-0.2, 0) is 10.3 Å². The maximum absolute atomic E-state index is 12.0. The molecule has 0 saturated heterocycles. The highest BCUT2D eigenvalue weighted by Crippen LogP contribution is 2.41. The number of hydrogen-bond acceptors (Lipinski definition) is 2. The standard InChI is InChI=1S/C16H24N2O/c17-13-6-2-5-10-15(19)18-16(11-7-12-16)14-8-3-1-4-9-14/h1,3-4,8-9H,2,5-7,10-13,17H2,(H,18,19). The highest BCUT2D eigenvalue weighted by molar-refractivity contribution is 5.77. The lowest BCUT2D eigenvalue weighted by Gasteiger charge is -2.43. The van der Waals surface area contributed by atoms with Crippen LogP contribution in [0.2, 0.25) is 0 Å². The Balaban J connectivity index is 1.87. The van der Waals surface area contributed by atoms with Crippen molar-refractivity contribution in [3.63, 3.8) is 0 Å². The van der Waals surface area contributed by atoms with Gasteiger partial charge in [-0.25, -0.2) is 0 Å². The van der Waals surface area contributed by atoms with Crippen LogP contribution in [0.4, 0.5) is 0 Å². The number of carbonyl (C=O) groups excluding carboxylic acids is 1.